The number of hydrogen-bond acceptors (Lipinski definition) is 2. The molecule has 0 aliphatic carbocycles. The molecule has 0 aliphatic heterocycles. The van der Waals surface area contributed by atoms with Gasteiger partial charge in [-0.15, -0.1) is 0 Å². The molecule has 0 spiro atoms. The SMILES string of the molecule is Nc1ccc2cn(C/C=C/Cl)nc2c1. The Labute approximate surface area is 86.8 Å². The van der Waals surface area contributed by atoms with Crippen molar-refractivity contribution in [2.45, 2.75) is 6.54 Å². The fraction of sp³-hybridized carbons (Fsp3) is 0.100. The molecule has 1 aromatic carbocycles. The molecule has 4 heteroatoms. The van der Waals surface area contributed by atoms with Gasteiger partial charge in [0.2, 0.25) is 0 Å². The van der Waals surface area contributed by atoms with Crippen LogP contribution in [0.4, 0.5) is 5.69 Å². The van der Waals surface area contributed by atoms with Crippen LogP contribution in [0.15, 0.2) is 36.0 Å². The number of allylic oxidation sites excluding steroid dienone is 1. The van der Waals surface area contributed by atoms with Crippen LogP contribution in [0.2, 0.25) is 0 Å². The van der Waals surface area contributed by atoms with Crippen LogP contribution < -0.4 is 5.73 Å². The van der Waals surface area contributed by atoms with Crippen LogP contribution in [-0.2, 0) is 6.54 Å². The van der Waals surface area contributed by atoms with Gasteiger partial charge in [0.15, 0.2) is 0 Å². The monoisotopic (exact) mass is 207 g/mol. The Bertz CT molecular complexity index is 473. The highest BCUT2D eigenvalue weighted by Crippen LogP contribution is 2.15. The van der Waals surface area contributed by atoms with Crippen molar-refractivity contribution >= 4 is 28.2 Å². The Kier molecular flexibility index (Phi) is 2.41. The largest absolute Gasteiger partial charge is 0.399 e. The van der Waals surface area contributed by atoms with E-state index in [-0.39, 0.29) is 0 Å². The lowest BCUT2D eigenvalue weighted by molar-refractivity contribution is 0.712. The van der Waals surface area contributed by atoms with Gasteiger partial charge in [-0.2, -0.15) is 5.10 Å². The van der Waals surface area contributed by atoms with E-state index in [4.69, 9.17) is 17.3 Å². The Morgan fingerprint density at radius 1 is 1.50 bits per heavy atom. The molecule has 0 amide bonds. The zero-order valence-corrected chi connectivity index (χ0v) is 8.28. The van der Waals surface area contributed by atoms with E-state index in [1.807, 2.05) is 35.2 Å². The fourth-order valence-corrected chi connectivity index (χ4v) is 1.41. The quantitative estimate of drug-likeness (QED) is 0.769. The van der Waals surface area contributed by atoms with Crippen molar-refractivity contribution < 1.29 is 0 Å². The summed E-state index contributed by atoms with van der Waals surface area (Å²) >= 11 is 5.43. The summed E-state index contributed by atoms with van der Waals surface area (Å²) in [5.41, 5.74) is 8.78. The molecule has 0 unspecified atom stereocenters. The predicted molar refractivity (Wildman–Crippen MR) is 59.1 cm³/mol. The number of rotatable bonds is 2. The van der Waals surface area contributed by atoms with Crippen molar-refractivity contribution in [3.63, 3.8) is 0 Å². The standard InChI is InChI=1S/C10H10ClN3/c11-4-1-5-14-7-8-2-3-9(12)6-10(8)13-14/h1-4,6-7H,5,12H2/b4-1+. The van der Waals surface area contributed by atoms with Gasteiger partial charge < -0.3 is 5.73 Å². The normalized spacial score (nSPS) is 11.5. The minimum atomic E-state index is 0.679. The second kappa shape index (κ2) is 3.72. The van der Waals surface area contributed by atoms with E-state index in [1.54, 1.807) is 0 Å². The summed E-state index contributed by atoms with van der Waals surface area (Å²) in [5, 5.41) is 5.42. The second-order valence-electron chi connectivity index (χ2n) is 3.03. The minimum Gasteiger partial charge on any atom is -0.399 e. The molecule has 0 atom stereocenters. The third-order valence-electron chi connectivity index (χ3n) is 1.96. The molecular weight excluding hydrogens is 198 g/mol. The van der Waals surface area contributed by atoms with E-state index >= 15 is 0 Å². The van der Waals surface area contributed by atoms with Gasteiger partial charge in [-0.25, -0.2) is 0 Å². The van der Waals surface area contributed by atoms with Crippen molar-refractivity contribution in [1.29, 1.82) is 0 Å². The topological polar surface area (TPSA) is 43.8 Å². The highest BCUT2D eigenvalue weighted by atomic mass is 35.5. The van der Waals surface area contributed by atoms with Crippen molar-refractivity contribution in [2.24, 2.45) is 0 Å². The Morgan fingerprint density at radius 3 is 3.14 bits per heavy atom. The molecule has 1 heterocycles. The zero-order valence-electron chi connectivity index (χ0n) is 7.52. The fourth-order valence-electron chi connectivity index (χ4n) is 1.33. The van der Waals surface area contributed by atoms with E-state index in [1.165, 1.54) is 5.54 Å². The van der Waals surface area contributed by atoms with Gasteiger partial charge in [0, 0.05) is 22.8 Å². The summed E-state index contributed by atoms with van der Waals surface area (Å²) in [5.74, 6) is 0. The third kappa shape index (κ3) is 1.72. The molecule has 0 saturated heterocycles. The van der Waals surface area contributed by atoms with E-state index < -0.39 is 0 Å². The van der Waals surface area contributed by atoms with Crippen LogP contribution in [-0.4, -0.2) is 9.78 Å². The highest BCUT2D eigenvalue weighted by molar-refractivity contribution is 6.25. The molecular formula is C10H10ClN3. The summed E-state index contributed by atoms with van der Waals surface area (Å²) in [4.78, 5) is 0. The van der Waals surface area contributed by atoms with Crippen molar-refractivity contribution in [1.82, 2.24) is 9.78 Å². The average molecular weight is 208 g/mol. The lowest BCUT2D eigenvalue weighted by atomic mass is 10.2. The number of hydrogen-bond donors (Lipinski definition) is 1. The number of anilines is 1. The van der Waals surface area contributed by atoms with E-state index in [9.17, 15) is 0 Å². The number of aromatic nitrogens is 2. The Balaban J connectivity index is 2.41. The summed E-state index contributed by atoms with van der Waals surface area (Å²) in [6.45, 7) is 0.679. The molecule has 0 bridgehead atoms. The Hall–Kier alpha value is -1.48. The maximum absolute atomic E-state index is 5.65. The number of benzene rings is 1. The first kappa shape index (κ1) is 9.09. The van der Waals surface area contributed by atoms with Crippen LogP contribution in [0.1, 0.15) is 0 Å². The van der Waals surface area contributed by atoms with Crippen LogP contribution >= 0.6 is 11.6 Å². The number of halogens is 1. The number of nitrogens with zero attached hydrogens (tertiary/aromatic N) is 2. The average Bonchev–Trinajstić information content (AvgIpc) is 2.56. The first-order chi connectivity index (χ1) is 6.79. The summed E-state index contributed by atoms with van der Waals surface area (Å²) in [6.07, 6.45) is 3.79. The van der Waals surface area contributed by atoms with Gasteiger partial charge in [0.25, 0.3) is 0 Å². The maximum atomic E-state index is 5.65. The lowest BCUT2D eigenvalue weighted by Crippen LogP contribution is -1.94. The van der Waals surface area contributed by atoms with E-state index in [0.717, 1.165) is 16.6 Å². The van der Waals surface area contributed by atoms with Crippen LogP contribution in [0, 0.1) is 0 Å². The van der Waals surface area contributed by atoms with Gasteiger partial charge in [-0.05, 0) is 18.2 Å². The number of nitrogens with two attached hydrogens (primary N) is 1. The molecule has 0 fully saturated rings. The highest BCUT2D eigenvalue weighted by Gasteiger charge is 1.98. The third-order valence-corrected chi connectivity index (χ3v) is 2.14. The first-order valence-corrected chi connectivity index (χ1v) is 4.71. The van der Waals surface area contributed by atoms with Crippen molar-refractivity contribution in [3.05, 3.63) is 36.0 Å². The van der Waals surface area contributed by atoms with Gasteiger partial charge in [-0.1, -0.05) is 17.7 Å². The van der Waals surface area contributed by atoms with E-state index in [0.29, 0.717) is 6.54 Å². The molecule has 0 radical (unpaired) electrons. The molecule has 3 nitrogen and oxygen atoms in total. The molecule has 1 aromatic heterocycles. The summed E-state index contributed by atoms with van der Waals surface area (Å²) < 4.78 is 1.82. The first-order valence-electron chi connectivity index (χ1n) is 4.27. The van der Waals surface area contributed by atoms with E-state index in [2.05, 4.69) is 5.10 Å². The smallest absolute Gasteiger partial charge is 0.0943 e. The molecule has 0 saturated carbocycles. The lowest BCUT2D eigenvalue weighted by Gasteiger charge is -1.91. The summed E-state index contributed by atoms with van der Waals surface area (Å²) in [6, 6.07) is 5.68. The molecule has 2 aromatic rings. The molecule has 14 heavy (non-hydrogen) atoms. The molecule has 2 rings (SSSR count). The van der Waals surface area contributed by atoms with Gasteiger partial charge in [0.05, 0.1) is 12.1 Å². The molecule has 0 aliphatic rings. The zero-order chi connectivity index (χ0) is 9.97. The van der Waals surface area contributed by atoms with Crippen molar-refractivity contribution in [3.8, 4) is 0 Å². The predicted octanol–water partition coefficient (Wildman–Crippen LogP) is 2.37. The van der Waals surface area contributed by atoms with Gasteiger partial charge in [0.1, 0.15) is 0 Å². The van der Waals surface area contributed by atoms with Gasteiger partial charge in [-0.3, -0.25) is 4.68 Å². The molecule has 72 valence electrons. The number of nitrogen functional groups attached to an aromatic ring is 1. The van der Waals surface area contributed by atoms with Crippen LogP contribution in [0.25, 0.3) is 10.9 Å². The number of fused-ring (bicyclic) bond motifs is 1. The van der Waals surface area contributed by atoms with Crippen molar-refractivity contribution in [2.75, 3.05) is 5.73 Å². The second-order valence-corrected chi connectivity index (χ2v) is 3.28. The minimum absolute atomic E-state index is 0.679. The van der Waals surface area contributed by atoms with Crippen LogP contribution in [0.5, 0.6) is 0 Å². The van der Waals surface area contributed by atoms with Gasteiger partial charge >= 0.3 is 0 Å². The Morgan fingerprint density at radius 2 is 2.36 bits per heavy atom. The molecule has 2 N–H and O–H groups in total. The maximum Gasteiger partial charge on any atom is 0.0943 e. The summed E-state index contributed by atoms with van der Waals surface area (Å²) in [7, 11) is 0. The van der Waals surface area contributed by atoms with Crippen LogP contribution in [0.3, 0.4) is 0 Å².